The Kier molecular flexibility index (Phi) is 44.0. The molecular formula is C74H78F16N2O23S6-4. The maximum atomic E-state index is 13.8. The van der Waals surface area contributed by atoms with Gasteiger partial charge in [0, 0.05) is 27.9 Å². The lowest BCUT2D eigenvalue weighted by Crippen LogP contribution is -2.33. The number of allylic oxidation sites excluding steroid dienone is 3. The Morgan fingerprint density at radius 3 is 1.07 bits per heavy atom. The van der Waals surface area contributed by atoms with Gasteiger partial charge in [0.15, 0.2) is 65.0 Å². The maximum absolute atomic E-state index is 13.8. The number of hydrogen-bond donors (Lipinski definition) is 0. The Balaban J connectivity index is 0.00000141. The minimum Gasteiger partial charge on any atom is -0.744 e. The van der Waals surface area contributed by atoms with Crippen LogP contribution in [0.2, 0.25) is 0 Å². The molecular weight excluding hydrogens is 1780 g/mol. The fourth-order valence-electron chi connectivity index (χ4n) is 7.71. The van der Waals surface area contributed by atoms with Gasteiger partial charge >= 0.3 is 24.3 Å². The zero-order valence-electron chi connectivity index (χ0n) is 65.2. The highest BCUT2D eigenvalue weighted by atomic mass is 32.3. The summed E-state index contributed by atoms with van der Waals surface area (Å²) in [6.07, 6.45) is -11.1. The van der Waals surface area contributed by atoms with E-state index in [9.17, 15) is 144 Å². The number of ketones is 1. The second kappa shape index (κ2) is 48.0. The van der Waals surface area contributed by atoms with Crippen LogP contribution >= 0.6 is 0 Å². The van der Waals surface area contributed by atoms with E-state index >= 15 is 0 Å². The molecule has 0 N–H and O–H groups in total. The van der Waals surface area contributed by atoms with Gasteiger partial charge in [-0.25, -0.2) is 104 Å². The summed E-state index contributed by atoms with van der Waals surface area (Å²) in [4.78, 5) is 28.5. The predicted molar refractivity (Wildman–Crippen MR) is 405 cm³/mol. The van der Waals surface area contributed by atoms with Gasteiger partial charge in [-0.2, -0.15) is 26.3 Å². The smallest absolute Gasteiger partial charge is 0.401 e. The molecule has 0 aromatic heterocycles. The molecule has 0 aliphatic carbocycles. The number of hydrogen-bond acceptors (Lipinski definition) is 23. The number of carbonyl (C=O) groups is 3. The van der Waals surface area contributed by atoms with Crippen LogP contribution in [-0.2, 0) is 102 Å². The van der Waals surface area contributed by atoms with Crippen molar-refractivity contribution in [3.05, 3.63) is 254 Å². The van der Waals surface area contributed by atoms with Gasteiger partial charge in [0.1, 0.15) is 97.8 Å². The van der Waals surface area contributed by atoms with Crippen molar-refractivity contribution in [2.24, 2.45) is 5.92 Å². The third kappa shape index (κ3) is 41.4. The molecule has 25 nitrogen and oxygen atoms in total. The largest absolute Gasteiger partial charge is 0.744 e. The molecule has 0 radical (unpaired) electrons. The first-order valence-corrected chi connectivity index (χ1v) is 42.2. The minimum atomic E-state index is -5.74. The number of Topliss-reactive ketones (excluding diaryl/α,β-unsaturated/α-hetero) is 1. The van der Waals surface area contributed by atoms with Crippen LogP contribution in [0.5, 0.6) is 11.5 Å². The van der Waals surface area contributed by atoms with Crippen molar-refractivity contribution in [3.63, 3.8) is 0 Å². The van der Waals surface area contributed by atoms with E-state index < -0.39 is 205 Å². The van der Waals surface area contributed by atoms with Crippen LogP contribution in [0.4, 0.5) is 70.2 Å². The topological polar surface area (TPSA) is 386 Å². The van der Waals surface area contributed by atoms with Crippen LogP contribution in [0.1, 0.15) is 103 Å². The summed E-state index contributed by atoms with van der Waals surface area (Å²) in [6.45, 7) is 35.7. The van der Waals surface area contributed by atoms with Crippen LogP contribution < -0.4 is 9.47 Å². The molecule has 674 valence electrons. The first-order chi connectivity index (χ1) is 55.0. The third-order valence-corrected chi connectivity index (χ3v) is 21.5. The molecule has 6 rings (SSSR count). The molecule has 0 saturated carbocycles. The lowest BCUT2D eigenvalue weighted by molar-refractivity contribution is -0.173. The van der Waals surface area contributed by atoms with Crippen LogP contribution in [-0.4, -0.2) is 133 Å². The van der Waals surface area contributed by atoms with Gasteiger partial charge in [0.2, 0.25) is 0 Å². The van der Waals surface area contributed by atoms with E-state index in [2.05, 4.69) is 52.5 Å². The van der Waals surface area contributed by atoms with E-state index in [1.54, 1.807) is 50.2 Å². The molecule has 0 heterocycles. The quantitative estimate of drug-likeness (QED) is 0.00570. The van der Waals surface area contributed by atoms with E-state index in [1.165, 1.54) is 62.4 Å². The molecule has 1 unspecified atom stereocenters. The molecule has 1 atom stereocenters. The van der Waals surface area contributed by atoms with Crippen molar-refractivity contribution in [2.45, 2.75) is 133 Å². The van der Waals surface area contributed by atoms with Gasteiger partial charge in [-0.3, -0.25) is 4.79 Å². The number of carbonyl (C=O) groups excluding carboxylic acids is 3. The monoisotopic (exact) mass is 1860 g/mol. The highest BCUT2D eigenvalue weighted by Crippen LogP contribution is 2.33. The highest BCUT2D eigenvalue weighted by molar-refractivity contribution is 8.12. The molecule has 0 spiro atoms. The van der Waals surface area contributed by atoms with E-state index in [1.807, 2.05) is 34.6 Å². The average Bonchev–Trinajstić information content (AvgIpc) is 0.773. The number of nitrogens with zero attached hydrogens (tertiary/aromatic N) is 2. The number of halogens is 16. The number of alkyl halides is 8. The number of sulfonamides is 4. The van der Waals surface area contributed by atoms with Crippen molar-refractivity contribution in [3.8, 4) is 11.5 Å². The second-order valence-corrected chi connectivity index (χ2v) is 34.2. The summed E-state index contributed by atoms with van der Waals surface area (Å²) in [5.74, 6) is -25.0. The second-order valence-electron chi connectivity index (χ2n) is 24.7. The first-order valence-electron chi connectivity index (χ1n) is 33.3. The molecule has 0 bridgehead atoms. The lowest BCUT2D eigenvalue weighted by atomic mass is 10.1. The molecule has 0 saturated heterocycles. The van der Waals surface area contributed by atoms with Crippen molar-refractivity contribution in [1.29, 1.82) is 0 Å². The fraction of sp³-hybridized carbons (Fsp3) is 0.311. The Labute approximate surface area is 688 Å². The summed E-state index contributed by atoms with van der Waals surface area (Å²) < 4.78 is 393. The zero-order chi connectivity index (χ0) is 94.3. The Morgan fingerprint density at radius 1 is 0.446 bits per heavy atom. The van der Waals surface area contributed by atoms with Gasteiger partial charge in [0.05, 0.1) is 44.4 Å². The Morgan fingerprint density at radius 2 is 0.785 bits per heavy atom. The normalized spacial score (nSPS) is 11.9. The SMILES string of the molecule is C=C(C)C(=C)OCC.C=C(C)C(=C)OCc1c(F)c(F)c(S(=O)(=O)[O-])c(F)c1F.C=C(C)C(=O)OC(CC(C)C)C(=O)OCC(C)(F)F.C=C(C)c1ccc(OCc2c(F)c(F)c(S(=O)(=O)[O-])c(F)c2F)cc1.CCOc1ccc(C(C)=O)cc1.O=S(=O)(CC(F)(F)F)[N-]S(=O)(=O)c1ccccc1.O=S(=O)(CC(F)(F)F)[N-]S(=O)(=O)c1ccccc1. The average molecular weight is 1860 g/mol. The fourth-order valence-corrected chi connectivity index (χ4v) is 14.3. The number of ether oxygens (including phenoxy) is 6. The van der Waals surface area contributed by atoms with Gasteiger partial charge in [-0.05, 0) is 138 Å². The van der Waals surface area contributed by atoms with E-state index in [-0.39, 0.29) is 35.2 Å². The lowest BCUT2D eigenvalue weighted by Gasteiger charge is -2.21. The summed E-state index contributed by atoms with van der Waals surface area (Å²) in [6, 6.07) is 25.5. The molecule has 0 amide bonds. The van der Waals surface area contributed by atoms with Crippen molar-refractivity contribution < 1.29 is 173 Å². The third-order valence-electron chi connectivity index (χ3n) is 13.3. The van der Waals surface area contributed by atoms with Crippen LogP contribution in [0, 0.1) is 52.5 Å². The molecule has 0 fully saturated rings. The number of rotatable bonds is 31. The summed E-state index contributed by atoms with van der Waals surface area (Å²) in [5, 5.41) is 0. The predicted octanol–water partition coefficient (Wildman–Crippen LogP) is 16.9. The van der Waals surface area contributed by atoms with E-state index in [4.69, 9.17) is 23.7 Å². The van der Waals surface area contributed by atoms with E-state index in [0.29, 0.717) is 31.5 Å². The highest BCUT2D eigenvalue weighted by Gasteiger charge is 2.36. The number of esters is 2. The van der Waals surface area contributed by atoms with Crippen molar-refractivity contribution in [1.82, 2.24) is 0 Å². The van der Waals surface area contributed by atoms with Crippen LogP contribution in [0.15, 0.2) is 196 Å². The van der Waals surface area contributed by atoms with Crippen molar-refractivity contribution in [2.75, 3.05) is 31.3 Å². The van der Waals surface area contributed by atoms with E-state index in [0.717, 1.165) is 52.3 Å². The summed E-state index contributed by atoms with van der Waals surface area (Å²) in [7, 11) is -31.0. The zero-order valence-corrected chi connectivity index (χ0v) is 70.1. The summed E-state index contributed by atoms with van der Waals surface area (Å²) >= 11 is 0. The molecule has 0 aliphatic rings. The Bertz CT molecular complexity index is 5200. The molecule has 47 heteroatoms. The van der Waals surface area contributed by atoms with Gasteiger partial charge in [-0.1, -0.05) is 107 Å². The number of benzene rings is 6. The van der Waals surface area contributed by atoms with Crippen LogP contribution in [0.25, 0.3) is 13.8 Å². The minimum absolute atomic E-state index is 0.0395. The molecule has 121 heavy (non-hydrogen) atoms. The van der Waals surface area contributed by atoms with Gasteiger partial charge in [0.25, 0.3) is 5.92 Å². The standard InChI is InChI=1S/C16H12F4O4S.C13H20F2O4.C12H10F4O4S.C10H12O2.2C8H7F3NO4S2.C7H12O/c1-8(2)9-3-5-10(6-4-9)24-7-11-12(17)14(19)16(25(21,22)23)15(20)13(11)18;1-8(2)6-10(19-11(16)9(3)4)12(17)18-7-13(5,14)15;1-5(2)6(3)20-4-7-8(13)10(15)12(21(17,18)19)11(16)9(7)14;1-3-12-10-6-4-9(5-7-10)8(2)11;2*9-8(10,11)6-17(13,14)12-18(15,16)7-4-2-1-3-5-7;1-5-8-7(4)6(2)3/h3-6H,1,7H2,2H3,(H,21,22,23);8,10H,3,6-7H2,1-2,4-5H3;1,3-4H2,2H3,(H,17,18,19);4-7H,3H2,1-2H3;2*1-5H,6H2;2,4-5H2,1,3H3/q;;;;2*-1;/p-2. The summed E-state index contributed by atoms with van der Waals surface area (Å²) in [5.41, 5.74) is 1.21. The molecule has 0 aliphatic heterocycles. The molecule has 6 aromatic carbocycles. The first kappa shape index (κ1) is 111. The Hall–Kier alpha value is -10.0. The molecule has 6 aromatic rings. The maximum Gasteiger partial charge on any atom is 0.401 e. The van der Waals surface area contributed by atoms with Gasteiger partial charge in [-0.15, -0.1) is 0 Å². The van der Waals surface area contributed by atoms with Gasteiger partial charge < -0.3 is 45.8 Å². The van der Waals surface area contributed by atoms with Crippen LogP contribution in [0.3, 0.4) is 0 Å². The van der Waals surface area contributed by atoms with Crippen molar-refractivity contribution >= 4 is 83.6 Å².